The number of rotatable bonds is 4. The van der Waals surface area contributed by atoms with E-state index < -0.39 is 0 Å². The Morgan fingerprint density at radius 1 is 1.39 bits per heavy atom. The molecule has 1 aromatic carbocycles. The van der Waals surface area contributed by atoms with E-state index >= 15 is 0 Å². The normalized spacial score (nSPS) is 14.5. The molecule has 0 amide bonds. The smallest absolute Gasteiger partial charge is 0.229 e. The summed E-state index contributed by atoms with van der Waals surface area (Å²) < 4.78 is 1.23. The van der Waals surface area contributed by atoms with Gasteiger partial charge in [0.2, 0.25) is 5.95 Å². The van der Waals surface area contributed by atoms with E-state index in [0.29, 0.717) is 12.0 Å². The number of fused-ring (bicyclic) bond motifs is 1. The second-order valence-corrected chi connectivity index (χ2v) is 7.04. The van der Waals surface area contributed by atoms with Crippen molar-refractivity contribution in [1.29, 1.82) is 0 Å². The molecule has 4 nitrogen and oxygen atoms in total. The molecular weight excluding hydrogens is 399 g/mol. The van der Waals surface area contributed by atoms with Gasteiger partial charge in [0.25, 0.3) is 0 Å². The predicted octanol–water partition coefficient (Wildman–Crippen LogP) is 4.76. The highest BCUT2D eigenvalue weighted by Crippen LogP contribution is 2.28. The lowest BCUT2D eigenvalue weighted by Gasteiger charge is -2.32. The first-order valence-electron chi connectivity index (χ1n) is 7.92. The molecule has 1 atom stereocenters. The summed E-state index contributed by atoms with van der Waals surface area (Å²) in [7, 11) is 0. The van der Waals surface area contributed by atoms with Gasteiger partial charge in [-0.3, -0.25) is 0 Å². The summed E-state index contributed by atoms with van der Waals surface area (Å²) in [6.45, 7) is 7.45. The summed E-state index contributed by atoms with van der Waals surface area (Å²) in [5.41, 5.74) is 3.37. The van der Waals surface area contributed by atoms with Crippen molar-refractivity contribution in [3.05, 3.63) is 45.2 Å². The van der Waals surface area contributed by atoms with Crippen LogP contribution in [0.1, 0.15) is 31.4 Å². The third kappa shape index (κ3) is 3.49. The van der Waals surface area contributed by atoms with E-state index in [9.17, 15) is 0 Å². The van der Waals surface area contributed by atoms with Crippen molar-refractivity contribution in [2.24, 2.45) is 0 Å². The van der Waals surface area contributed by atoms with Gasteiger partial charge in [-0.05, 0) is 60.6 Å². The second kappa shape index (κ2) is 6.86. The van der Waals surface area contributed by atoms with Gasteiger partial charge in [-0.2, -0.15) is 4.98 Å². The third-order valence-electron chi connectivity index (χ3n) is 4.22. The van der Waals surface area contributed by atoms with Crippen molar-refractivity contribution in [3.63, 3.8) is 0 Å². The molecule has 5 heteroatoms. The SMILES string of the molecule is CCC(C)N1CC=Cc2cnc(Nc3ccc(C)c(I)c3)nc21. The number of benzene rings is 1. The molecule has 1 aliphatic heterocycles. The summed E-state index contributed by atoms with van der Waals surface area (Å²) in [6, 6.07) is 6.75. The summed E-state index contributed by atoms with van der Waals surface area (Å²) in [4.78, 5) is 11.6. The summed E-state index contributed by atoms with van der Waals surface area (Å²) in [5.74, 6) is 1.66. The van der Waals surface area contributed by atoms with Gasteiger partial charge in [0, 0.05) is 33.6 Å². The van der Waals surface area contributed by atoms with Crippen LogP contribution < -0.4 is 10.2 Å². The quantitative estimate of drug-likeness (QED) is 0.724. The number of nitrogens with one attached hydrogen (secondary N) is 1. The molecule has 0 spiro atoms. The highest BCUT2D eigenvalue weighted by Gasteiger charge is 2.20. The van der Waals surface area contributed by atoms with Crippen LogP contribution >= 0.6 is 22.6 Å². The minimum Gasteiger partial charge on any atom is -0.350 e. The molecule has 2 aromatic rings. The van der Waals surface area contributed by atoms with Crippen molar-refractivity contribution in [2.45, 2.75) is 33.2 Å². The van der Waals surface area contributed by atoms with Gasteiger partial charge in [-0.1, -0.05) is 25.1 Å². The average Bonchev–Trinajstić information content (AvgIpc) is 2.57. The zero-order chi connectivity index (χ0) is 16.4. The molecule has 23 heavy (non-hydrogen) atoms. The van der Waals surface area contributed by atoms with E-state index in [0.717, 1.165) is 30.0 Å². The summed E-state index contributed by atoms with van der Waals surface area (Å²) in [6.07, 6.45) is 7.27. The van der Waals surface area contributed by atoms with Crippen molar-refractivity contribution in [3.8, 4) is 0 Å². The van der Waals surface area contributed by atoms with Crippen LogP contribution in [0.2, 0.25) is 0 Å². The molecule has 0 saturated heterocycles. The largest absolute Gasteiger partial charge is 0.350 e. The van der Waals surface area contributed by atoms with Gasteiger partial charge in [-0.15, -0.1) is 0 Å². The number of aromatic nitrogens is 2. The maximum absolute atomic E-state index is 4.76. The van der Waals surface area contributed by atoms with E-state index in [-0.39, 0.29) is 0 Å². The van der Waals surface area contributed by atoms with Gasteiger partial charge in [-0.25, -0.2) is 4.98 Å². The monoisotopic (exact) mass is 420 g/mol. The predicted molar refractivity (Wildman–Crippen MR) is 105 cm³/mol. The Balaban J connectivity index is 1.90. The molecule has 1 aromatic heterocycles. The number of hydrogen-bond donors (Lipinski definition) is 1. The lowest BCUT2D eigenvalue weighted by molar-refractivity contribution is 0.632. The first kappa shape index (κ1) is 16.2. The Morgan fingerprint density at radius 2 is 2.22 bits per heavy atom. The van der Waals surface area contributed by atoms with Gasteiger partial charge in [0.1, 0.15) is 5.82 Å². The van der Waals surface area contributed by atoms with E-state index in [2.05, 4.69) is 88.9 Å². The van der Waals surface area contributed by atoms with Crippen LogP contribution in [0.5, 0.6) is 0 Å². The van der Waals surface area contributed by atoms with Crippen LogP contribution in [0.3, 0.4) is 0 Å². The molecule has 1 aliphatic rings. The van der Waals surface area contributed by atoms with E-state index in [4.69, 9.17) is 4.98 Å². The first-order chi connectivity index (χ1) is 11.1. The minimum absolute atomic E-state index is 0.460. The molecule has 1 unspecified atom stereocenters. The fraction of sp³-hybridized carbons (Fsp3) is 0.333. The first-order valence-corrected chi connectivity index (χ1v) is 8.99. The minimum atomic E-state index is 0.460. The van der Waals surface area contributed by atoms with Crippen LogP contribution in [0, 0.1) is 10.5 Å². The fourth-order valence-electron chi connectivity index (χ4n) is 2.58. The van der Waals surface area contributed by atoms with Gasteiger partial charge >= 0.3 is 0 Å². The number of anilines is 3. The van der Waals surface area contributed by atoms with Crippen molar-refractivity contribution < 1.29 is 0 Å². The van der Waals surface area contributed by atoms with Crippen molar-refractivity contribution >= 4 is 46.1 Å². The van der Waals surface area contributed by atoms with Gasteiger partial charge in [0.05, 0.1) is 0 Å². The number of aryl methyl sites for hydroxylation is 1. The van der Waals surface area contributed by atoms with Gasteiger partial charge < -0.3 is 10.2 Å². The molecule has 0 saturated carbocycles. The maximum Gasteiger partial charge on any atom is 0.229 e. The molecule has 3 rings (SSSR count). The highest BCUT2D eigenvalue weighted by atomic mass is 127. The lowest BCUT2D eigenvalue weighted by Crippen LogP contribution is -2.35. The van der Waals surface area contributed by atoms with Crippen LogP contribution in [0.4, 0.5) is 17.5 Å². The standard InChI is InChI=1S/C18H21IN4/c1-4-13(3)23-9-5-6-14-11-20-18(22-17(14)23)21-15-8-7-12(2)16(19)10-15/h5-8,10-11,13H,4,9H2,1-3H3,(H,20,21,22). The highest BCUT2D eigenvalue weighted by molar-refractivity contribution is 14.1. The molecule has 1 N–H and O–H groups in total. The zero-order valence-electron chi connectivity index (χ0n) is 13.7. The summed E-state index contributed by atoms with van der Waals surface area (Å²) in [5, 5.41) is 3.32. The number of halogens is 1. The molecule has 0 radical (unpaired) electrons. The Bertz CT molecular complexity index is 742. The lowest BCUT2D eigenvalue weighted by atomic mass is 10.1. The molecule has 0 fully saturated rings. The van der Waals surface area contributed by atoms with E-state index in [1.165, 1.54) is 9.13 Å². The van der Waals surface area contributed by atoms with E-state index in [1.54, 1.807) is 0 Å². The number of hydrogen-bond acceptors (Lipinski definition) is 4. The van der Waals surface area contributed by atoms with Crippen molar-refractivity contribution in [2.75, 3.05) is 16.8 Å². The van der Waals surface area contributed by atoms with Crippen molar-refractivity contribution in [1.82, 2.24) is 9.97 Å². The topological polar surface area (TPSA) is 41.1 Å². The molecular formula is C18H21IN4. The van der Waals surface area contributed by atoms with Crippen LogP contribution in [0.25, 0.3) is 6.08 Å². The molecule has 2 heterocycles. The zero-order valence-corrected chi connectivity index (χ0v) is 15.8. The second-order valence-electron chi connectivity index (χ2n) is 5.87. The Labute approximate surface area is 151 Å². The Kier molecular flexibility index (Phi) is 4.84. The molecule has 0 bridgehead atoms. The fourth-order valence-corrected chi connectivity index (χ4v) is 3.09. The maximum atomic E-state index is 4.76. The summed E-state index contributed by atoms with van der Waals surface area (Å²) >= 11 is 2.35. The average molecular weight is 420 g/mol. The van der Waals surface area contributed by atoms with Crippen LogP contribution in [0.15, 0.2) is 30.5 Å². The van der Waals surface area contributed by atoms with Gasteiger partial charge in [0.15, 0.2) is 0 Å². The molecule has 0 aliphatic carbocycles. The van der Waals surface area contributed by atoms with Crippen LogP contribution in [-0.2, 0) is 0 Å². The van der Waals surface area contributed by atoms with E-state index in [1.807, 2.05) is 6.20 Å². The third-order valence-corrected chi connectivity index (χ3v) is 5.38. The molecule has 120 valence electrons. The Hall–Kier alpha value is -1.63. The number of nitrogens with zero attached hydrogens (tertiary/aromatic N) is 3. The van der Waals surface area contributed by atoms with Crippen LogP contribution in [-0.4, -0.2) is 22.6 Å². The Morgan fingerprint density at radius 3 is 2.96 bits per heavy atom.